The van der Waals surface area contributed by atoms with Gasteiger partial charge in [-0.15, -0.1) is 0 Å². The number of hydrogen-bond donors (Lipinski definition) is 3. The Morgan fingerprint density at radius 3 is 2.17 bits per heavy atom. The minimum absolute atomic E-state index is 0.0812. The summed E-state index contributed by atoms with van der Waals surface area (Å²) in [6.45, 7) is 5.78. The van der Waals surface area contributed by atoms with Crippen LogP contribution in [0.3, 0.4) is 0 Å². The fourth-order valence-electron chi connectivity index (χ4n) is 2.99. The number of nitrogens with one attached hydrogen (secondary N) is 3. The van der Waals surface area contributed by atoms with E-state index in [4.69, 9.17) is 0 Å². The van der Waals surface area contributed by atoms with Crippen LogP contribution in [0.4, 0.5) is 0 Å². The highest BCUT2D eigenvalue weighted by molar-refractivity contribution is 5.86. The Bertz CT molecular complexity index is 428. The van der Waals surface area contributed by atoms with Crippen molar-refractivity contribution >= 4 is 17.8 Å². The summed E-state index contributed by atoms with van der Waals surface area (Å²) in [5.74, 6) is 0.642. The van der Waals surface area contributed by atoms with Gasteiger partial charge in [0.2, 0.25) is 11.8 Å². The van der Waals surface area contributed by atoms with E-state index < -0.39 is 0 Å². The van der Waals surface area contributed by atoms with Crippen molar-refractivity contribution in [2.45, 2.75) is 39.5 Å². The molecule has 23 heavy (non-hydrogen) atoms. The SMILES string of the molecule is CCNC(=O)CN=C(NCC)NCC1(C(=O)N(C)C)CCCC1. The lowest BCUT2D eigenvalue weighted by Gasteiger charge is -2.31. The Kier molecular flexibility index (Phi) is 7.85. The Morgan fingerprint density at radius 2 is 1.65 bits per heavy atom. The van der Waals surface area contributed by atoms with E-state index in [0.717, 1.165) is 25.7 Å². The molecular formula is C16H31N5O2. The Morgan fingerprint density at radius 1 is 1.04 bits per heavy atom. The topological polar surface area (TPSA) is 85.8 Å². The molecule has 0 atom stereocenters. The fraction of sp³-hybridized carbons (Fsp3) is 0.812. The first-order valence-corrected chi connectivity index (χ1v) is 8.46. The molecule has 132 valence electrons. The summed E-state index contributed by atoms with van der Waals surface area (Å²) in [5.41, 5.74) is -0.356. The van der Waals surface area contributed by atoms with E-state index in [1.165, 1.54) is 0 Å². The van der Waals surface area contributed by atoms with Gasteiger partial charge in [-0.1, -0.05) is 12.8 Å². The summed E-state index contributed by atoms with van der Waals surface area (Å²) in [5, 5.41) is 9.09. The second-order valence-electron chi connectivity index (χ2n) is 6.19. The second-order valence-corrected chi connectivity index (χ2v) is 6.19. The average molecular weight is 325 g/mol. The third kappa shape index (κ3) is 5.73. The van der Waals surface area contributed by atoms with Crippen LogP contribution in [-0.2, 0) is 9.59 Å². The zero-order chi connectivity index (χ0) is 17.3. The number of hydrogen-bond acceptors (Lipinski definition) is 3. The first-order valence-electron chi connectivity index (χ1n) is 8.46. The molecule has 1 aliphatic carbocycles. The van der Waals surface area contributed by atoms with E-state index >= 15 is 0 Å². The molecule has 0 saturated heterocycles. The minimum atomic E-state index is -0.356. The molecule has 0 spiro atoms. The molecule has 0 aliphatic heterocycles. The molecule has 0 heterocycles. The molecule has 0 bridgehead atoms. The molecule has 1 rings (SSSR count). The molecule has 2 amide bonds. The maximum Gasteiger partial charge on any atom is 0.241 e. The number of likely N-dealkylation sites (N-methyl/N-ethyl adjacent to an activating group) is 1. The van der Waals surface area contributed by atoms with Crippen LogP contribution in [-0.4, -0.2) is 62.9 Å². The van der Waals surface area contributed by atoms with E-state index in [1.54, 1.807) is 19.0 Å². The van der Waals surface area contributed by atoms with Gasteiger partial charge in [-0.2, -0.15) is 0 Å². The van der Waals surface area contributed by atoms with E-state index in [-0.39, 0.29) is 23.8 Å². The smallest absolute Gasteiger partial charge is 0.241 e. The number of amides is 2. The number of aliphatic imine (C=N–C) groups is 1. The lowest BCUT2D eigenvalue weighted by Crippen LogP contribution is -2.49. The lowest BCUT2D eigenvalue weighted by molar-refractivity contribution is -0.138. The molecule has 1 aliphatic rings. The third-order valence-corrected chi connectivity index (χ3v) is 4.11. The van der Waals surface area contributed by atoms with Crippen molar-refractivity contribution in [2.24, 2.45) is 10.4 Å². The normalized spacial score (nSPS) is 16.8. The number of carbonyl (C=O) groups is 2. The van der Waals surface area contributed by atoms with E-state index in [0.29, 0.717) is 25.6 Å². The summed E-state index contributed by atoms with van der Waals surface area (Å²) in [7, 11) is 3.60. The molecule has 1 fully saturated rings. The van der Waals surface area contributed by atoms with Crippen molar-refractivity contribution in [1.29, 1.82) is 0 Å². The quantitative estimate of drug-likeness (QED) is 0.465. The number of nitrogens with zero attached hydrogens (tertiary/aromatic N) is 2. The molecule has 0 radical (unpaired) electrons. The molecule has 0 unspecified atom stereocenters. The standard InChI is InChI=1S/C16H31N5O2/c1-5-17-13(22)11-19-15(18-6-2)20-12-16(9-7-8-10-16)14(23)21(3)4/h5-12H2,1-4H3,(H,17,22)(H2,18,19,20). The molecule has 0 aromatic heterocycles. The van der Waals surface area contributed by atoms with Crippen LogP contribution >= 0.6 is 0 Å². The van der Waals surface area contributed by atoms with Gasteiger partial charge in [0, 0.05) is 33.7 Å². The van der Waals surface area contributed by atoms with Crippen LogP contribution in [0, 0.1) is 5.41 Å². The van der Waals surface area contributed by atoms with Crippen molar-refractivity contribution in [3.8, 4) is 0 Å². The molecule has 1 saturated carbocycles. The van der Waals surface area contributed by atoms with E-state index in [9.17, 15) is 9.59 Å². The molecule has 3 N–H and O–H groups in total. The number of rotatable bonds is 7. The van der Waals surface area contributed by atoms with Gasteiger partial charge in [0.1, 0.15) is 6.54 Å². The van der Waals surface area contributed by atoms with E-state index in [2.05, 4.69) is 20.9 Å². The maximum atomic E-state index is 12.6. The first kappa shape index (κ1) is 19.3. The molecule has 0 aromatic rings. The van der Waals surface area contributed by atoms with Crippen LogP contribution in [0.2, 0.25) is 0 Å². The minimum Gasteiger partial charge on any atom is -0.357 e. The van der Waals surface area contributed by atoms with Gasteiger partial charge in [-0.25, -0.2) is 4.99 Å². The van der Waals surface area contributed by atoms with Crippen molar-refractivity contribution in [2.75, 3.05) is 40.3 Å². The van der Waals surface area contributed by atoms with Gasteiger partial charge in [-0.3, -0.25) is 9.59 Å². The summed E-state index contributed by atoms with van der Waals surface area (Å²) >= 11 is 0. The number of carbonyl (C=O) groups excluding carboxylic acids is 2. The van der Waals surface area contributed by atoms with Gasteiger partial charge in [0.15, 0.2) is 5.96 Å². The highest BCUT2D eigenvalue weighted by Crippen LogP contribution is 2.38. The van der Waals surface area contributed by atoms with Crippen LogP contribution < -0.4 is 16.0 Å². The average Bonchev–Trinajstić information content (AvgIpc) is 2.99. The third-order valence-electron chi connectivity index (χ3n) is 4.11. The van der Waals surface area contributed by atoms with Crippen LogP contribution in [0.15, 0.2) is 4.99 Å². The molecular weight excluding hydrogens is 294 g/mol. The van der Waals surface area contributed by atoms with Gasteiger partial charge in [0.05, 0.1) is 5.41 Å². The summed E-state index contributed by atoms with van der Waals surface area (Å²) in [6, 6.07) is 0. The lowest BCUT2D eigenvalue weighted by atomic mass is 9.84. The van der Waals surface area contributed by atoms with Crippen molar-refractivity contribution < 1.29 is 9.59 Å². The largest absolute Gasteiger partial charge is 0.357 e. The first-order chi connectivity index (χ1) is 10.9. The monoisotopic (exact) mass is 325 g/mol. The predicted octanol–water partition coefficient (Wildman–Crippen LogP) is 0.326. The highest BCUT2D eigenvalue weighted by Gasteiger charge is 2.42. The summed E-state index contributed by atoms with van der Waals surface area (Å²) in [6.07, 6.45) is 3.95. The Hall–Kier alpha value is -1.79. The van der Waals surface area contributed by atoms with Gasteiger partial charge >= 0.3 is 0 Å². The van der Waals surface area contributed by atoms with Crippen molar-refractivity contribution in [3.63, 3.8) is 0 Å². The molecule has 7 heteroatoms. The van der Waals surface area contributed by atoms with Crippen LogP contribution in [0.5, 0.6) is 0 Å². The Balaban J connectivity index is 2.69. The second kappa shape index (κ2) is 9.37. The van der Waals surface area contributed by atoms with Crippen LogP contribution in [0.1, 0.15) is 39.5 Å². The van der Waals surface area contributed by atoms with E-state index in [1.807, 2.05) is 13.8 Å². The fourth-order valence-corrected chi connectivity index (χ4v) is 2.99. The molecule has 7 nitrogen and oxygen atoms in total. The van der Waals surface area contributed by atoms with Crippen molar-refractivity contribution in [1.82, 2.24) is 20.9 Å². The van der Waals surface area contributed by atoms with Gasteiger partial charge in [-0.05, 0) is 26.7 Å². The zero-order valence-electron chi connectivity index (χ0n) is 14.9. The predicted molar refractivity (Wildman–Crippen MR) is 92.3 cm³/mol. The summed E-state index contributed by atoms with van der Waals surface area (Å²) in [4.78, 5) is 30.0. The van der Waals surface area contributed by atoms with Gasteiger partial charge in [0.25, 0.3) is 0 Å². The van der Waals surface area contributed by atoms with Gasteiger partial charge < -0.3 is 20.9 Å². The highest BCUT2D eigenvalue weighted by atomic mass is 16.2. The Labute approximate surface area is 139 Å². The molecule has 0 aromatic carbocycles. The van der Waals surface area contributed by atoms with Crippen molar-refractivity contribution in [3.05, 3.63) is 0 Å². The summed E-state index contributed by atoms with van der Waals surface area (Å²) < 4.78 is 0. The van der Waals surface area contributed by atoms with Crippen LogP contribution in [0.25, 0.3) is 0 Å². The zero-order valence-corrected chi connectivity index (χ0v) is 14.9. The maximum absolute atomic E-state index is 12.6. The number of guanidine groups is 1.